The van der Waals surface area contributed by atoms with Crippen LogP contribution in [0.4, 0.5) is 0 Å². The molecule has 0 radical (unpaired) electrons. The Morgan fingerprint density at radius 1 is 1.32 bits per heavy atom. The Morgan fingerprint density at radius 3 is 2.53 bits per heavy atom. The fraction of sp³-hybridized carbons (Fsp3) is 0.562. The summed E-state index contributed by atoms with van der Waals surface area (Å²) < 4.78 is 0. The van der Waals surface area contributed by atoms with Crippen LogP contribution in [0.25, 0.3) is 0 Å². The van der Waals surface area contributed by atoms with Crippen LogP contribution in [0, 0.1) is 5.41 Å². The van der Waals surface area contributed by atoms with Gasteiger partial charge in [0, 0.05) is 25.0 Å². The second-order valence-corrected chi connectivity index (χ2v) is 6.60. The molecular weight excluding hydrogens is 236 g/mol. The van der Waals surface area contributed by atoms with E-state index in [4.69, 9.17) is 0 Å². The van der Waals surface area contributed by atoms with Crippen LogP contribution in [-0.4, -0.2) is 18.5 Å². The predicted octanol–water partition coefficient (Wildman–Crippen LogP) is 2.64. The van der Waals surface area contributed by atoms with Crippen LogP contribution >= 0.6 is 0 Å². The Labute approximate surface area is 115 Å². The summed E-state index contributed by atoms with van der Waals surface area (Å²) in [6, 6.07) is 11.1. The third kappa shape index (κ3) is 4.35. The Bertz CT molecular complexity index is 422. The minimum atomic E-state index is 0.153. The third-order valence-corrected chi connectivity index (χ3v) is 3.43. The topological polar surface area (TPSA) is 41.1 Å². The zero-order valence-electron chi connectivity index (χ0n) is 12.1. The second kappa shape index (κ2) is 5.74. The highest BCUT2D eigenvalue weighted by Gasteiger charge is 2.27. The van der Waals surface area contributed by atoms with Crippen molar-refractivity contribution in [2.75, 3.05) is 6.54 Å². The molecule has 1 fully saturated rings. The minimum absolute atomic E-state index is 0.153. The van der Waals surface area contributed by atoms with E-state index in [1.165, 1.54) is 5.56 Å². The third-order valence-electron chi connectivity index (χ3n) is 3.43. The molecule has 2 unspecified atom stereocenters. The zero-order valence-corrected chi connectivity index (χ0v) is 12.1. The van der Waals surface area contributed by atoms with E-state index in [9.17, 15) is 4.79 Å². The largest absolute Gasteiger partial charge is 0.354 e. The smallest absolute Gasteiger partial charge is 0.221 e. The van der Waals surface area contributed by atoms with E-state index in [2.05, 4.69) is 55.7 Å². The molecule has 1 aliphatic heterocycles. The molecule has 2 atom stereocenters. The Hall–Kier alpha value is -1.35. The first-order valence-electron chi connectivity index (χ1n) is 7.02. The molecule has 2 N–H and O–H groups in total. The molecule has 3 heteroatoms. The quantitative estimate of drug-likeness (QED) is 0.874. The van der Waals surface area contributed by atoms with E-state index < -0.39 is 0 Å². The molecule has 1 aromatic carbocycles. The molecular formula is C16H24N2O. The minimum Gasteiger partial charge on any atom is -0.354 e. The average Bonchev–Trinajstić information content (AvgIpc) is 2.73. The van der Waals surface area contributed by atoms with Gasteiger partial charge in [-0.25, -0.2) is 0 Å². The molecule has 1 saturated heterocycles. The van der Waals surface area contributed by atoms with E-state index in [-0.39, 0.29) is 17.4 Å². The summed E-state index contributed by atoms with van der Waals surface area (Å²) in [7, 11) is 0. The van der Waals surface area contributed by atoms with Crippen molar-refractivity contribution in [2.45, 2.75) is 45.7 Å². The number of carbonyl (C=O) groups excluding carboxylic acids is 1. The number of nitrogens with one attached hydrogen (secondary N) is 2. The maximum atomic E-state index is 11.3. The summed E-state index contributed by atoms with van der Waals surface area (Å²) in [4.78, 5) is 11.3. The van der Waals surface area contributed by atoms with Crippen molar-refractivity contribution in [3.05, 3.63) is 35.9 Å². The first-order chi connectivity index (χ1) is 8.94. The van der Waals surface area contributed by atoms with Crippen LogP contribution in [0.3, 0.4) is 0 Å². The van der Waals surface area contributed by atoms with Gasteiger partial charge in [-0.3, -0.25) is 4.79 Å². The van der Waals surface area contributed by atoms with Crippen LogP contribution in [0.5, 0.6) is 0 Å². The molecule has 0 aliphatic carbocycles. The van der Waals surface area contributed by atoms with Gasteiger partial charge in [-0.2, -0.15) is 0 Å². The van der Waals surface area contributed by atoms with E-state index in [0.717, 1.165) is 13.0 Å². The van der Waals surface area contributed by atoms with E-state index in [1.807, 2.05) is 6.07 Å². The first-order valence-corrected chi connectivity index (χ1v) is 7.02. The standard InChI is InChI=1S/C16H24N2O/c1-16(2,3)10-14(12-7-5-4-6-8-12)18-13-9-15(19)17-11-13/h4-8,13-14,18H,9-11H2,1-3H3,(H,17,19). The summed E-state index contributed by atoms with van der Waals surface area (Å²) >= 11 is 0. The Balaban J connectivity index is 2.08. The molecule has 1 amide bonds. The van der Waals surface area contributed by atoms with Crippen LogP contribution in [0.2, 0.25) is 0 Å². The molecule has 2 rings (SSSR count). The van der Waals surface area contributed by atoms with Crippen molar-refractivity contribution < 1.29 is 4.79 Å². The van der Waals surface area contributed by atoms with Gasteiger partial charge in [0.1, 0.15) is 0 Å². The number of hydrogen-bond donors (Lipinski definition) is 2. The number of carbonyl (C=O) groups is 1. The van der Waals surface area contributed by atoms with Crippen LogP contribution < -0.4 is 10.6 Å². The summed E-state index contributed by atoms with van der Waals surface area (Å²) in [5.74, 6) is 0.153. The number of hydrogen-bond acceptors (Lipinski definition) is 2. The lowest BCUT2D eigenvalue weighted by Gasteiger charge is -2.29. The SMILES string of the molecule is CC(C)(C)CC(NC1CNC(=O)C1)c1ccccc1. The molecule has 19 heavy (non-hydrogen) atoms. The van der Waals surface area contributed by atoms with Gasteiger partial charge in [0.2, 0.25) is 5.91 Å². The molecule has 104 valence electrons. The second-order valence-electron chi connectivity index (χ2n) is 6.60. The van der Waals surface area contributed by atoms with Crippen molar-refractivity contribution in [1.29, 1.82) is 0 Å². The predicted molar refractivity (Wildman–Crippen MR) is 77.8 cm³/mol. The number of rotatable bonds is 4. The highest BCUT2D eigenvalue weighted by Crippen LogP contribution is 2.30. The van der Waals surface area contributed by atoms with Crippen LogP contribution in [-0.2, 0) is 4.79 Å². The van der Waals surface area contributed by atoms with Gasteiger partial charge in [-0.15, -0.1) is 0 Å². The molecule has 0 saturated carbocycles. The number of benzene rings is 1. The Kier molecular flexibility index (Phi) is 4.25. The van der Waals surface area contributed by atoms with E-state index in [0.29, 0.717) is 12.5 Å². The average molecular weight is 260 g/mol. The van der Waals surface area contributed by atoms with Gasteiger partial charge in [0.25, 0.3) is 0 Å². The van der Waals surface area contributed by atoms with E-state index >= 15 is 0 Å². The highest BCUT2D eigenvalue weighted by atomic mass is 16.1. The van der Waals surface area contributed by atoms with Crippen molar-refractivity contribution >= 4 is 5.91 Å². The fourth-order valence-electron chi connectivity index (χ4n) is 2.58. The molecule has 1 aliphatic rings. The Morgan fingerprint density at radius 2 is 2.00 bits per heavy atom. The number of amides is 1. The lowest BCUT2D eigenvalue weighted by molar-refractivity contribution is -0.119. The lowest BCUT2D eigenvalue weighted by atomic mass is 9.85. The fourth-order valence-corrected chi connectivity index (χ4v) is 2.58. The van der Waals surface area contributed by atoms with Crippen molar-refractivity contribution in [1.82, 2.24) is 10.6 Å². The summed E-state index contributed by atoms with van der Waals surface area (Å²) in [6.45, 7) is 7.50. The summed E-state index contributed by atoms with van der Waals surface area (Å²) in [6.07, 6.45) is 1.65. The van der Waals surface area contributed by atoms with Gasteiger partial charge in [-0.05, 0) is 17.4 Å². The molecule has 0 bridgehead atoms. The summed E-state index contributed by atoms with van der Waals surface area (Å²) in [5, 5.41) is 6.52. The van der Waals surface area contributed by atoms with Crippen LogP contribution in [0.15, 0.2) is 30.3 Å². The zero-order chi connectivity index (χ0) is 13.9. The summed E-state index contributed by atoms with van der Waals surface area (Å²) in [5.41, 5.74) is 1.56. The molecule has 0 aromatic heterocycles. The van der Waals surface area contributed by atoms with Gasteiger partial charge in [-0.1, -0.05) is 51.1 Å². The maximum Gasteiger partial charge on any atom is 0.221 e. The van der Waals surface area contributed by atoms with Crippen molar-refractivity contribution in [3.8, 4) is 0 Å². The molecule has 0 spiro atoms. The molecule has 3 nitrogen and oxygen atoms in total. The molecule has 1 heterocycles. The van der Waals surface area contributed by atoms with Crippen molar-refractivity contribution in [3.63, 3.8) is 0 Å². The highest BCUT2D eigenvalue weighted by molar-refractivity contribution is 5.78. The lowest BCUT2D eigenvalue weighted by Crippen LogP contribution is -2.36. The maximum absolute atomic E-state index is 11.3. The monoisotopic (exact) mass is 260 g/mol. The van der Waals surface area contributed by atoms with Gasteiger partial charge >= 0.3 is 0 Å². The first kappa shape index (κ1) is 14.1. The van der Waals surface area contributed by atoms with Crippen LogP contribution in [0.1, 0.15) is 45.2 Å². The van der Waals surface area contributed by atoms with Gasteiger partial charge in [0.15, 0.2) is 0 Å². The van der Waals surface area contributed by atoms with Gasteiger partial charge < -0.3 is 10.6 Å². The van der Waals surface area contributed by atoms with E-state index in [1.54, 1.807) is 0 Å². The molecule has 1 aromatic rings. The van der Waals surface area contributed by atoms with Crippen molar-refractivity contribution in [2.24, 2.45) is 5.41 Å². The van der Waals surface area contributed by atoms with Gasteiger partial charge in [0.05, 0.1) is 0 Å². The normalized spacial score (nSPS) is 21.2.